The second-order valence-corrected chi connectivity index (χ2v) is 10.7. The van der Waals surface area contributed by atoms with Crippen LogP contribution in [0.1, 0.15) is 32.1 Å². The number of hydrogen-bond acceptors (Lipinski definition) is 3. The van der Waals surface area contributed by atoms with Crippen molar-refractivity contribution in [1.29, 1.82) is 0 Å². The second-order valence-electron chi connectivity index (χ2n) is 8.17. The third kappa shape index (κ3) is 3.90. The molecule has 0 unspecified atom stereocenters. The van der Waals surface area contributed by atoms with Gasteiger partial charge in [-0.2, -0.15) is 0 Å². The number of alkyl halides is 2. The van der Waals surface area contributed by atoms with Gasteiger partial charge in [-0.15, -0.1) is 0 Å². The minimum atomic E-state index is -0.146. The molecule has 2 saturated carbocycles. The summed E-state index contributed by atoms with van der Waals surface area (Å²) in [5.41, 5.74) is 0.615. The van der Waals surface area contributed by atoms with Crippen LogP contribution in [-0.4, -0.2) is 38.8 Å². The minimum absolute atomic E-state index is 0.00723. The average Bonchev–Trinajstić information content (AvgIpc) is 3.29. The molecule has 3 amide bonds. The highest BCUT2D eigenvalue weighted by molar-refractivity contribution is 9.12. The smallest absolute Gasteiger partial charge is 0.233 e. The van der Waals surface area contributed by atoms with Crippen molar-refractivity contribution in [2.45, 2.75) is 41.8 Å². The SMILES string of the molecule is O=C(CCCCCN1C(=O)[C@H]2[C@@H]3C[C@@H]([C@@H](Br)[C@@H]3Br)[C@@H]2C1=O)Nc1ccccc1Cl. The molecular formula is C21H23Br2ClN2O3. The number of halogens is 3. The van der Waals surface area contributed by atoms with Gasteiger partial charge in [-0.25, -0.2) is 0 Å². The van der Waals surface area contributed by atoms with Crippen molar-refractivity contribution in [1.82, 2.24) is 4.90 Å². The number of nitrogens with zero attached hydrogens (tertiary/aromatic N) is 1. The van der Waals surface area contributed by atoms with E-state index in [2.05, 4.69) is 37.2 Å². The molecule has 8 heteroatoms. The first-order chi connectivity index (χ1) is 13.9. The third-order valence-electron chi connectivity index (χ3n) is 6.51. The van der Waals surface area contributed by atoms with E-state index >= 15 is 0 Å². The fourth-order valence-electron chi connectivity index (χ4n) is 5.14. The molecule has 0 aromatic heterocycles. The molecule has 1 saturated heterocycles. The van der Waals surface area contributed by atoms with Crippen LogP contribution in [-0.2, 0) is 14.4 Å². The summed E-state index contributed by atoms with van der Waals surface area (Å²) in [5.74, 6) is 0.151. The molecule has 5 nitrogen and oxygen atoms in total. The third-order valence-corrected chi connectivity index (χ3v) is 10.0. The lowest BCUT2D eigenvalue weighted by molar-refractivity contribution is -0.140. The minimum Gasteiger partial charge on any atom is -0.325 e. The van der Waals surface area contributed by atoms with E-state index in [0.29, 0.717) is 30.1 Å². The average molecular weight is 547 g/mol. The van der Waals surface area contributed by atoms with Crippen LogP contribution in [0.3, 0.4) is 0 Å². The standard InChI is InChI=1S/C21H23Br2ClN2O3/c22-18-11-10-12(19(18)23)17-16(11)20(28)26(21(17)29)9-5-1-2-8-15(27)25-14-7-4-3-6-13(14)24/h3-4,6-7,11-12,16-19H,1-2,5,8-10H2,(H,25,27)/t11-,12+,16-,17-,18+,19+/m0/s1. The molecule has 4 rings (SSSR count). The van der Waals surface area contributed by atoms with Crippen LogP contribution in [0.2, 0.25) is 5.02 Å². The maximum absolute atomic E-state index is 12.8. The second kappa shape index (κ2) is 8.67. The maximum atomic E-state index is 12.8. The Bertz CT molecular complexity index is 804. The largest absolute Gasteiger partial charge is 0.325 e. The molecule has 156 valence electrons. The van der Waals surface area contributed by atoms with Gasteiger partial charge in [0.15, 0.2) is 0 Å². The van der Waals surface area contributed by atoms with Gasteiger partial charge in [0.1, 0.15) is 0 Å². The number of fused-ring (bicyclic) bond motifs is 5. The van der Waals surface area contributed by atoms with Crippen molar-refractivity contribution in [3.8, 4) is 0 Å². The summed E-state index contributed by atoms with van der Waals surface area (Å²) in [6.07, 6.45) is 3.56. The summed E-state index contributed by atoms with van der Waals surface area (Å²) in [6.45, 7) is 0.455. The number of rotatable bonds is 7. The summed E-state index contributed by atoms with van der Waals surface area (Å²) >= 11 is 13.5. The van der Waals surface area contributed by atoms with Crippen molar-refractivity contribution in [3.05, 3.63) is 29.3 Å². The van der Waals surface area contributed by atoms with E-state index in [-0.39, 0.29) is 51.0 Å². The highest BCUT2D eigenvalue weighted by atomic mass is 79.9. The first kappa shape index (κ1) is 21.3. The van der Waals surface area contributed by atoms with Gasteiger partial charge in [0, 0.05) is 22.6 Å². The van der Waals surface area contributed by atoms with Crippen molar-refractivity contribution < 1.29 is 14.4 Å². The maximum Gasteiger partial charge on any atom is 0.233 e. The van der Waals surface area contributed by atoms with Gasteiger partial charge in [-0.1, -0.05) is 62.0 Å². The van der Waals surface area contributed by atoms with Gasteiger partial charge in [-0.3, -0.25) is 19.3 Å². The summed E-state index contributed by atoms with van der Waals surface area (Å²) in [7, 11) is 0. The van der Waals surface area contributed by atoms with E-state index in [0.717, 1.165) is 19.3 Å². The molecule has 2 bridgehead atoms. The molecule has 3 fully saturated rings. The van der Waals surface area contributed by atoms with Crippen LogP contribution in [0.25, 0.3) is 0 Å². The van der Waals surface area contributed by atoms with Gasteiger partial charge in [0.2, 0.25) is 17.7 Å². The van der Waals surface area contributed by atoms with Gasteiger partial charge in [0.05, 0.1) is 22.5 Å². The number of carbonyl (C=O) groups excluding carboxylic acids is 3. The normalized spacial score (nSPS) is 32.7. The number of carbonyl (C=O) groups is 3. The zero-order valence-electron chi connectivity index (χ0n) is 15.8. The summed E-state index contributed by atoms with van der Waals surface area (Å²) in [4.78, 5) is 39.7. The van der Waals surface area contributed by atoms with Crippen molar-refractivity contribution >= 4 is 66.9 Å². The number of imide groups is 1. The van der Waals surface area contributed by atoms with E-state index in [4.69, 9.17) is 11.6 Å². The Morgan fingerprint density at radius 2 is 1.66 bits per heavy atom. The summed E-state index contributed by atoms with van der Waals surface area (Å²) < 4.78 is 0. The van der Waals surface area contributed by atoms with Gasteiger partial charge < -0.3 is 5.32 Å². The molecule has 2 aliphatic carbocycles. The van der Waals surface area contributed by atoms with Crippen LogP contribution in [0, 0.1) is 23.7 Å². The number of anilines is 1. The van der Waals surface area contributed by atoms with Gasteiger partial charge in [-0.05, 0) is 43.2 Å². The monoisotopic (exact) mass is 544 g/mol. The quantitative estimate of drug-likeness (QED) is 0.309. The van der Waals surface area contributed by atoms with Crippen LogP contribution >= 0.6 is 43.5 Å². The van der Waals surface area contributed by atoms with E-state index in [1.807, 2.05) is 12.1 Å². The van der Waals surface area contributed by atoms with E-state index in [1.54, 1.807) is 12.1 Å². The lowest BCUT2D eigenvalue weighted by atomic mass is 9.81. The molecule has 3 aliphatic rings. The lowest BCUT2D eigenvalue weighted by Crippen LogP contribution is -2.37. The molecule has 0 radical (unpaired) electrons. The Kier molecular flexibility index (Phi) is 6.38. The number of para-hydroxylation sites is 1. The van der Waals surface area contributed by atoms with Crippen molar-refractivity contribution in [2.24, 2.45) is 23.7 Å². The first-order valence-corrected chi connectivity index (χ1v) is 12.3. The Balaban J connectivity index is 1.22. The van der Waals surface area contributed by atoms with Crippen LogP contribution in [0.5, 0.6) is 0 Å². The van der Waals surface area contributed by atoms with Gasteiger partial charge in [0.25, 0.3) is 0 Å². The van der Waals surface area contributed by atoms with E-state index in [9.17, 15) is 14.4 Å². The highest BCUT2D eigenvalue weighted by Crippen LogP contribution is 2.60. The number of hydrogen-bond donors (Lipinski definition) is 1. The molecular weight excluding hydrogens is 524 g/mol. The summed E-state index contributed by atoms with van der Waals surface area (Å²) in [6, 6.07) is 7.14. The van der Waals surface area contributed by atoms with Crippen LogP contribution in [0.4, 0.5) is 5.69 Å². The fraction of sp³-hybridized carbons (Fsp3) is 0.571. The van der Waals surface area contributed by atoms with E-state index in [1.165, 1.54) is 4.90 Å². The molecule has 1 heterocycles. The predicted molar refractivity (Wildman–Crippen MR) is 119 cm³/mol. The molecule has 0 spiro atoms. The molecule has 1 aliphatic heterocycles. The highest BCUT2D eigenvalue weighted by Gasteiger charge is 2.66. The van der Waals surface area contributed by atoms with Crippen molar-refractivity contribution in [2.75, 3.05) is 11.9 Å². The Morgan fingerprint density at radius 3 is 2.28 bits per heavy atom. The first-order valence-electron chi connectivity index (χ1n) is 10.1. The Morgan fingerprint density at radius 1 is 1.03 bits per heavy atom. The molecule has 29 heavy (non-hydrogen) atoms. The molecule has 6 atom stereocenters. The van der Waals surface area contributed by atoms with Crippen LogP contribution < -0.4 is 5.32 Å². The predicted octanol–water partition coefficient (Wildman–Crippen LogP) is 4.62. The number of likely N-dealkylation sites (tertiary alicyclic amines) is 1. The number of amides is 3. The lowest BCUT2D eigenvalue weighted by Gasteiger charge is -2.28. The number of nitrogens with one attached hydrogen (secondary N) is 1. The fourth-order valence-corrected chi connectivity index (χ4v) is 7.19. The van der Waals surface area contributed by atoms with Crippen molar-refractivity contribution in [3.63, 3.8) is 0 Å². The zero-order chi connectivity index (χ0) is 20.7. The van der Waals surface area contributed by atoms with Crippen LogP contribution in [0.15, 0.2) is 24.3 Å². The molecule has 1 aromatic carbocycles. The van der Waals surface area contributed by atoms with Gasteiger partial charge >= 0.3 is 0 Å². The molecule has 1 aromatic rings. The Labute approximate surface area is 192 Å². The summed E-state index contributed by atoms with van der Waals surface area (Å²) in [5, 5.41) is 3.33. The number of benzene rings is 1. The molecule has 1 N–H and O–H groups in total. The van der Waals surface area contributed by atoms with E-state index < -0.39 is 0 Å². The topological polar surface area (TPSA) is 66.5 Å². The zero-order valence-corrected chi connectivity index (χ0v) is 19.7. The number of unbranched alkanes of at least 4 members (excludes halogenated alkanes) is 2. The Hall–Kier alpha value is -0.920.